The molecule has 1 aliphatic heterocycles. The fourth-order valence-corrected chi connectivity index (χ4v) is 2.12. The minimum absolute atomic E-state index is 0.284. The summed E-state index contributed by atoms with van der Waals surface area (Å²) in [4.78, 5) is 0. The molecule has 0 amide bonds. The Morgan fingerprint density at radius 2 is 2.06 bits per heavy atom. The molecule has 0 saturated carbocycles. The molecule has 82 valence electrons. The smallest absolute Gasteiger partial charge is 0.171 e. The van der Waals surface area contributed by atoms with E-state index in [4.69, 9.17) is 4.74 Å². The minimum atomic E-state index is -0.284. The van der Waals surface area contributed by atoms with Crippen molar-refractivity contribution in [2.45, 2.75) is 19.7 Å². The first kappa shape index (κ1) is 9.63. The van der Waals surface area contributed by atoms with Gasteiger partial charge < -0.3 is 9.94 Å². The zero-order valence-corrected chi connectivity index (χ0v) is 9.05. The van der Waals surface area contributed by atoms with Crippen LogP contribution in [0.5, 0.6) is 5.75 Å². The fraction of sp³-hybridized carbons (Fsp3) is 0.231. The van der Waals surface area contributed by atoms with Crippen LogP contribution < -0.4 is 4.74 Å². The topological polar surface area (TPSA) is 32.7 Å². The van der Waals surface area contributed by atoms with Gasteiger partial charge in [0.1, 0.15) is 5.75 Å². The molecule has 0 spiro atoms. The second kappa shape index (κ2) is 3.47. The van der Waals surface area contributed by atoms with Gasteiger partial charge in [-0.2, -0.15) is 0 Å². The lowest BCUT2D eigenvalue weighted by molar-refractivity contribution is -0.195. The van der Waals surface area contributed by atoms with Gasteiger partial charge in [-0.05, 0) is 23.8 Å². The molecule has 3 heteroatoms. The van der Waals surface area contributed by atoms with E-state index in [9.17, 15) is 5.21 Å². The van der Waals surface area contributed by atoms with Crippen molar-refractivity contribution >= 4 is 10.8 Å². The van der Waals surface area contributed by atoms with E-state index in [0.29, 0.717) is 6.54 Å². The Kier molecular flexibility index (Phi) is 2.09. The normalized spacial score (nSPS) is 20.5. The Morgan fingerprint density at radius 3 is 2.94 bits per heavy atom. The van der Waals surface area contributed by atoms with Crippen LogP contribution in [0.2, 0.25) is 0 Å². The molecule has 1 N–H and O–H groups in total. The zero-order chi connectivity index (χ0) is 11.1. The molecule has 1 aliphatic rings. The monoisotopic (exact) mass is 215 g/mol. The summed E-state index contributed by atoms with van der Waals surface area (Å²) >= 11 is 0. The fourth-order valence-electron chi connectivity index (χ4n) is 2.12. The van der Waals surface area contributed by atoms with E-state index < -0.39 is 0 Å². The standard InChI is InChI=1S/C13H13NO2/c1-9-14(15)8-12-11-5-3-2-4-10(11)6-7-13(12)16-9/h2-7,9,15H,8H2,1H3. The molecular weight excluding hydrogens is 202 g/mol. The van der Waals surface area contributed by atoms with E-state index in [1.54, 1.807) is 0 Å². The molecule has 0 saturated heterocycles. The zero-order valence-electron chi connectivity index (χ0n) is 9.05. The summed E-state index contributed by atoms with van der Waals surface area (Å²) < 4.78 is 5.63. The largest absolute Gasteiger partial charge is 0.473 e. The summed E-state index contributed by atoms with van der Waals surface area (Å²) in [6.45, 7) is 2.34. The molecule has 0 bridgehead atoms. The van der Waals surface area contributed by atoms with Crippen molar-refractivity contribution in [3.63, 3.8) is 0 Å². The lowest BCUT2D eigenvalue weighted by atomic mass is 10.0. The van der Waals surface area contributed by atoms with Gasteiger partial charge in [-0.3, -0.25) is 0 Å². The van der Waals surface area contributed by atoms with Gasteiger partial charge in [0.2, 0.25) is 0 Å². The van der Waals surface area contributed by atoms with Gasteiger partial charge in [0.15, 0.2) is 6.23 Å². The summed E-state index contributed by atoms with van der Waals surface area (Å²) in [5, 5.41) is 13.2. The average Bonchev–Trinajstić information content (AvgIpc) is 2.31. The summed E-state index contributed by atoms with van der Waals surface area (Å²) in [5.74, 6) is 0.872. The van der Waals surface area contributed by atoms with Crippen LogP contribution in [0.1, 0.15) is 12.5 Å². The first-order valence-corrected chi connectivity index (χ1v) is 5.38. The van der Waals surface area contributed by atoms with E-state index in [-0.39, 0.29) is 6.23 Å². The van der Waals surface area contributed by atoms with E-state index >= 15 is 0 Å². The van der Waals surface area contributed by atoms with Crippen LogP contribution in [-0.4, -0.2) is 16.5 Å². The molecule has 2 aromatic rings. The van der Waals surface area contributed by atoms with Crippen LogP contribution in [-0.2, 0) is 6.54 Å². The lowest BCUT2D eigenvalue weighted by Crippen LogP contribution is -2.37. The highest BCUT2D eigenvalue weighted by molar-refractivity contribution is 5.87. The third-order valence-electron chi connectivity index (χ3n) is 3.03. The molecule has 1 heterocycles. The number of hydrogen-bond acceptors (Lipinski definition) is 3. The predicted octanol–water partition coefficient (Wildman–Crippen LogP) is 2.77. The number of fused-ring (bicyclic) bond motifs is 3. The molecule has 3 nitrogen and oxygen atoms in total. The molecule has 1 atom stereocenters. The summed E-state index contributed by atoms with van der Waals surface area (Å²) in [5.41, 5.74) is 1.05. The third kappa shape index (κ3) is 1.37. The SMILES string of the molecule is CC1Oc2ccc3ccccc3c2CN1O. The third-order valence-corrected chi connectivity index (χ3v) is 3.03. The van der Waals surface area contributed by atoms with Gasteiger partial charge in [0.25, 0.3) is 0 Å². The Bertz CT molecular complexity index is 538. The number of nitrogens with zero attached hydrogens (tertiary/aromatic N) is 1. The first-order valence-electron chi connectivity index (χ1n) is 5.38. The quantitative estimate of drug-likeness (QED) is 0.733. The van der Waals surface area contributed by atoms with Gasteiger partial charge in [0.05, 0.1) is 6.54 Å². The highest BCUT2D eigenvalue weighted by atomic mass is 16.6. The van der Waals surface area contributed by atoms with Crippen molar-refractivity contribution in [2.24, 2.45) is 0 Å². The van der Waals surface area contributed by atoms with Gasteiger partial charge in [-0.25, -0.2) is 0 Å². The highest BCUT2D eigenvalue weighted by Gasteiger charge is 2.23. The molecule has 16 heavy (non-hydrogen) atoms. The lowest BCUT2D eigenvalue weighted by Gasteiger charge is -2.30. The van der Waals surface area contributed by atoms with Crippen LogP contribution in [0.4, 0.5) is 0 Å². The van der Waals surface area contributed by atoms with Crippen LogP contribution in [0, 0.1) is 0 Å². The van der Waals surface area contributed by atoms with Crippen molar-refractivity contribution in [1.29, 1.82) is 0 Å². The summed E-state index contributed by atoms with van der Waals surface area (Å²) in [7, 11) is 0. The number of ether oxygens (including phenoxy) is 1. The number of benzene rings is 2. The summed E-state index contributed by atoms with van der Waals surface area (Å²) in [6.07, 6.45) is -0.284. The second-order valence-electron chi connectivity index (χ2n) is 4.08. The van der Waals surface area contributed by atoms with Crippen molar-refractivity contribution in [3.05, 3.63) is 42.0 Å². The Morgan fingerprint density at radius 1 is 1.25 bits per heavy atom. The molecule has 0 aliphatic carbocycles. The molecular formula is C13H13NO2. The van der Waals surface area contributed by atoms with E-state index in [1.807, 2.05) is 31.2 Å². The molecule has 0 aromatic heterocycles. The van der Waals surface area contributed by atoms with Gasteiger partial charge in [0, 0.05) is 5.56 Å². The minimum Gasteiger partial charge on any atom is -0.473 e. The maximum absolute atomic E-state index is 9.69. The molecule has 2 aromatic carbocycles. The molecule has 3 rings (SSSR count). The highest BCUT2D eigenvalue weighted by Crippen LogP contribution is 2.33. The van der Waals surface area contributed by atoms with Crippen LogP contribution in [0.15, 0.2) is 36.4 Å². The van der Waals surface area contributed by atoms with Crippen molar-refractivity contribution < 1.29 is 9.94 Å². The summed E-state index contributed by atoms with van der Waals surface area (Å²) in [6, 6.07) is 12.2. The second-order valence-corrected chi connectivity index (χ2v) is 4.08. The Labute approximate surface area is 93.8 Å². The van der Waals surface area contributed by atoms with Crippen LogP contribution >= 0.6 is 0 Å². The average molecular weight is 215 g/mol. The van der Waals surface area contributed by atoms with Crippen molar-refractivity contribution in [1.82, 2.24) is 5.06 Å². The van der Waals surface area contributed by atoms with Crippen molar-refractivity contribution in [2.75, 3.05) is 0 Å². The maximum Gasteiger partial charge on any atom is 0.171 e. The number of hydrogen-bond donors (Lipinski definition) is 1. The van der Waals surface area contributed by atoms with E-state index in [1.165, 1.54) is 10.4 Å². The Balaban J connectivity index is 2.23. The molecule has 0 fully saturated rings. The van der Waals surface area contributed by atoms with E-state index in [2.05, 4.69) is 12.1 Å². The predicted molar refractivity (Wildman–Crippen MR) is 61.4 cm³/mol. The Hall–Kier alpha value is -1.58. The van der Waals surface area contributed by atoms with Gasteiger partial charge in [-0.1, -0.05) is 30.3 Å². The molecule has 0 radical (unpaired) electrons. The van der Waals surface area contributed by atoms with Gasteiger partial charge in [-0.15, -0.1) is 5.06 Å². The van der Waals surface area contributed by atoms with E-state index in [0.717, 1.165) is 16.7 Å². The number of rotatable bonds is 0. The van der Waals surface area contributed by atoms with Crippen molar-refractivity contribution in [3.8, 4) is 5.75 Å². The first-order chi connectivity index (χ1) is 7.75. The maximum atomic E-state index is 9.69. The van der Waals surface area contributed by atoms with Crippen LogP contribution in [0.25, 0.3) is 10.8 Å². The van der Waals surface area contributed by atoms with Crippen LogP contribution in [0.3, 0.4) is 0 Å². The number of hydroxylamine groups is 2. The van der Waals surface area contributed by atoms with Gasteiger partial charge >= 0.3 is 0 Å². The molecule has 1 unspecified atom stereocenters.